The smallest absolute Gasteiger partial charge is 0.00751 e. The van der Waals surface area contributed by atoms with E-state index in [0.29, 0.717) is 0 Å². The van der Waals surface area contributed by atoms with Gasteiger partial charge in [-0.25, -0.2) is 0 Å². The fraction of sp³-hybridized carbons (Fsp3) is 0.0667. The number of thiol groups is 1. The van der Waals surface area contributed by atoms with Gasteiger partial charge in [-0.2, -0.15) is 0 Å². The average molecular weight is 226 g/mol. The molecule has 0 aliphatic heterocycles. The molecule has 0 N–H and O–H groups in total. The standard InChI is InChI=1S/C15H14S/c16-15-12-5-4-10-14(15)11-6-9-13-7-2-1-3-8-13/h1-10,12,16H,11H2. The van der Waals surface area contributed by atoms with E-state index in [1.807, 2.05) is 36.4 Å². The van der Waals surface area contributed by atoms with Gasteiger partial charge >= 0.3 is 0 Å². The van der Waals surface area contributed by atoms with Crippen LogP contribution in [0.1, 0.15) is 11.1 Å². The van der Waals surface area contributed by atoms with Crippen LogP contribution in [-0.2, 0) is 6.42 Å². The minimum absolute atomic E-state index is 0.925. The van der Waals surface area contributed by atoms with Crippen molar-refractivity contribution >= 4 is 18.7 Å². The first-order valence-electron chi connectivity index (χ1n) is 5.35. The zero-order valence-electron chi connectivity index (χ0n) is 9.01. The van der Waals surface area contributed by atoms with E-state index in [9.17, 15) is 0 Å². The molecule has 0 bridgehead atoms. The monoisotopic (exact) mass is 226 g/mol. The van der Waals surface area contributed by atoms with E-state index >= 15 is 0 Å². The van der Waals surface area contributed by atoms with Crippen LogP contribution in [0.4, 0.5) is 0 Å². The summed E-state index contributed by atoms with van der Waals surface area (Å²) in [6.45, 7) is 0. The molecule has 2 aromatic rings. The molecule has 0 atom stereocenters. The highest BCUT2D eigenvalue weighted by Gasteiger charge is 1.93. The maximum absolute atomic E-state index is 4.42. The summed E-state index contributed by atoms with van der Waals surface area (Å²) in [7, 11) is 0. The summed E-state index contributed by atoms with van der Waals surface area (Å²) >= 11 is 4.42. The van der Waals surface area contributed by atoms with Crippen molar-refractivity contribution < 1.29 is 0 Å². The van der Waals surface area contributed by atoms with Gasteiger partial charge in [-0.1, -0.05) is 60.7 Å². The summed E-state index contributed by atoms with van der Waals surface area (Å²) in [6.07, 6.45) is 5.24. The molecule has 0 aliphatic rings. The minimum Gasteiger partial charge on any atom is -0.143 e. The van der Waals surface area contributed by atoms with Gasteiger partial charge in [-0.3, -0.25) is 0 Å². The summed E-state index contributed by atoms with van der Waals surface area (Å²) in [4.78, 5) is 1.06. The van der Waals surface area contributed by atoms with Gasteiger partial charge < -0.3 is 0 Å². The Morgan fingerprint density at radius 3 is 2.31 bits per heavy atom. The minimum atomic E-state index is 0.925. The summed E-state index contributed by atoms with van der Waals surface area (Å²) in [6, 6.07) is 18.5. The molecule has 16 heavy (non-hydrogen) atoms. The molecule has 0 heterocycles. The highest BCUT2D eigenvalue weighted by molar-refractivity contribution is 7.80. The zero-order valence-corrected chi connectivity index (χ0v) is 9.90. The van der Waals surface area contributed by atoms with Gasteiger partial charge in [0.05, 0.1) is 0 Å². The van der Waals surface area contributed by atoms with Crippen LogP contribution in [0.15, 0.2) is 65.6 Å². The lowest BCUT2D eigenvalue weighted by atomic mass is 10.1. The molecule has 80 valence electrons. The second-order valence-corrected chi connectivity index (χ2v) is 4.13. The number of hydrogen-bond acceptors (Lipinski definition) is 1. The van der Waals surface area contributed by atoms with Crippen molar-refractivity contribution in [2.75, 3.05) is 0 Å². The van der Waals surface area contributed by atoms with Crippen LogP contribution in [0.25, 0.3) is 6.08 Å². The molecule has 0 saturated carbocycles. The van der Waals surface area contributed by atoms with Crippen LogP contribution >= 0.6 is 12.6 Å². The van der Waals surface area contributed by atoms with Crippen molar-refractivity contribution in [2.45, 2.75) is 11.3 Å². The van der Waals surface area contributed by atoms with Crippen LogP contribution in [-0.4, -0.2) is 0 Å². The molecule has 1 heteroatoms. The molecule has 0 fully saturated rings. The third kappa shape index (κ3) is 3.01. The predicted molar refractivity (Wildman–Crippen MR) is 72.9 cm³/mol. The van der Waals surface area contributed by atoms with Crippen LogP contribution < -0.4 is 0 Å². The van der Waals surface area contributed by atoms with Crippen LogP contribution in [0, 0.1) is 0 Å². The highest BCUT2D eigenvalue weighted by atomic mass is 32.1. The molecule has 0 saturated heterocycles. The number of allylic oxidation sites excluding steroid dienone is 1. The first kappa shape index (κ1) is 11.0. The van der Waals surface area contributed by atoms with E-state index < -0.39 is 0 Å². The largest absolute Gasteiger partial charge is 0.143 e. The summed E-state index contributed by atoms with van der Waals surface area (Å²) in [5.41, 5.74) is 2.50. The third-order valence-corrected chi connectivity index (χ3v) is 2.88. The first-order chi connectivity index (χ1) is 7.86. The molecule has 2 aromatic carbocycles. The van der Waals surface area contributed by atoms with Crippen LogP contribution in [0.3, 0.4) is 0 Å². The van der Waals surface area contributed by atoms with Gasteiger partial charge in [0.2, 0.25) is 0 Å². The Labute approximate surface area is 102 Å². The Morgan fingerprint density at radius 1 is 0.875 bits per heavy atom. The van der Waals surface area contributed by atoms with E-state index in [-0.39, 0.29) is 0 Å². The molecular formula is C15H14S. The number of benzene rings is 2. The molecular weight excluding hydrogens is 212 g/mol. The van der Waals surface area contributed by atoms with E-state index in [1.165, 1.54) is 11.1 Å². The van der Waals surface area contributed by atoms with Gasteiger partial charge in [-0.15, -0.1) is 12.6 Å². The average Bonchev–Trinajstić information content (AvgIpc) is 2.33. The maximum atomic E-state index is 4.42. The molecule has 2 rings (SSSR count). The molecule has 0 unspecified atom stereocenters. The molecule has 0 aromatic heterocycles. The fourth-order valence-corrected chi connectivity index (χ4v) is 1.82. The SMILES string of the molecule is Sc1ccccc1CC=Cc1ccccc1. The lowest BCUT2D eigenvalue weighted by Crippen LogP contribution is -1.82. The third-order valence-electron chi connectivity index (χ3n) is 2.44. The molecule has 0 nitrogen and oxygen atoms in total. The van der Waals surface area contributed by atoms with E-state index in [1.54, 1.807) is 0 Å². The quantitative estimate of drug-likeness (QED) is 0.744. The summed E-state index contributed by atoms with van der Waals surface area (Å²) in [5.74, 6) is 0. The Bertz CT molecular complexity index is 472. The number of hydrogen-bond donors (Lipinski definition) is 1. The fourth-order valence-electron chi connectivity index (χ4n) is 1.57. The lowest BCUT2D eigenvalue weighted by molar-refractivity contribution is 1.19. The second kappa shape index (κ2) is 5.57. The highest BCUT2D eigenvalue weighted by Crippen LogP contribution is 2.14. The van der Waals surface area contributed by atoms with Gasteiger partial charge in [0.1, 0.15) is 0 Å². The van der Waals surface area contributed by atoms with Gasteiger partial charge in [0.25, 0.3) is 0 Å². The van der Waals surface area contributed by atoms with Crippen molar-refractivity contribution in [3.63, 3.8) is 0 Å². The zero-order chi connectivity index (χ0) is 11.2. The second-order valence-electron chi connectivity index (χ2n) is 3.65. The summed E-state index contributed by atoms with van der Waals surface area (Å²) in [5, 5.41) is 0. The van der Waals surface area contributed by atoms with Crippen molar-refractivity contribution in [2.24, 2.45) is 0 Å². The molecule has 0 aliphatic carbocycles. The van der Waals surface area contributed by atoms with E-state index in [0.717, 1.165) is 11.3 Å². The first-order valence-corrected chi connectivity index (χ1v) is 5.79. The molecule has 0 spiro atoms. The van der Waals surface area contributed by atoms with Crippen molar-refractivity contribution in [3.05, 3.63) is 71.8 Å². The van der Waals surface area contributed by atoms with Gasteiger partial charge in [0.15, 0.2) is 0 Å². The van der Waals surface area contributed by atoms with Crippen molar-refractivity contribution in [1.29, 1.82) is 0 Å². The van der Waals surface area contributed by atoms with E-state index in [4.69, 9.17) is 0 Å². The topological polar surface area (TPSA) is 0 Å². The Kier molecular flexibility index (Phi) is 3.84. The molecule has 0 radical (unpaired) electrons. The number of rotatable bonds is 3. The Balaban J connectivity index is 2.03. The lowest BCUT2D eigenvalue weighted by Gasteiger charge is -2.00. The van der Waals surface area contributed by atoms with Crippen molar-refractivity contribution in [3.8, 4) is 0 Å². The van der Waals surface area contributed by atoms with Crippen molar-refractivity contribution in [1.82, 2.24) is 0 Å². The molecule has 0 amide bonds. The summed E-state index contributed by atoms with van der Waals surface area (Å²) < 4.78 is 0. The normalized spacial score (nSPS) is 10.8. The van der Waals surface area contributed by atoms with Crippen LogP contribution in [0.5, 0.6) is 0 Å². The van der Waals surface area contributed by atoms with Gasteiger partial charge in [-0.05, 0) is 23.6 Å². The van der Waals surface area contributed by atoms with Gasteiger partial charge in [0, 0.05) is 4.90 Å². The van der Waals surface area contributed by atoms with Crippen LogP contribution in [0.2, 0.25) is 0 Å². The Hall–Kier alpha value is -1.47. The Morgan fingerprint density at radius 2 is 1.56 bits per heavy atom. The maximum Gasteiger partial charge on any atom is 0.00751 e. The predicted octanol–water partition coefficient (Wildman–Crippen LogP) is 4.23. The van der Waals surface area contributed by atoms with E-state index in [2.05, 4.69) is 43.0 Å².